The number of hydrogen-bond donors (Lipinski definition) is 0. The van der Waals surface area contributed by atoms with Gasteiger partial charge in [0.2, 0.25) is 5.76 Å². The van der Waals surface area contributed by atoms with E-state index in [-0.39, 0.29) is 5.76 Å². The molecular formula is C19H27NO4S. The Morgan fingerprint density at radius 2 is 1.76 bits per heavy atom. The zero-order valence-electron chi connectivity index (χ0n) is 15.1. The molecule has 6 heteroatoms. The SMILES string of the molecule is CCCCOC(=O)/C(=C\C=C\N(CC)CC)Oc1ccccc1.O=S. The monoisotopic (exact) mass is 365 g/mol. The van der Waals surface area contributed by atoms with E-state index in [2.05, 4.69) is 38.2 Å². The summed E-state index contributed by atoms with van der Waals surface area (Å²) in [6.45, 7) is 8.45. The lowest BCUT2D eigenvalue weighted by Crippen LogP contribution is -2.15. The van der Waals surface area contributed by atoms with Crippen molar-refractivity contribution in [1.82, 2.24) is 4.90 Å². The predicted octanol–water partition coefficient (Wildman–Crippen LogP) is 3.81. The average Bonchev–Trinajstić information content (AvgIpc) is 2.67. The minimum absolute atomic E-state index is 0.190. The van der Waals surface area contributed by atoms with Gasteiger partial charge in [-0.1, -0.05) is 31.5 Å². The minimum atomic E-state index is -0.438. The van der Waals surface area contributed by atoms with Crippen LogP contribution in [0.1, 0.15) is 33.6 Å². The number of benzene rings is 1. The van der Waals surface area contributed by atoms with Crippen LogP contribution in [0.2, 0.25) is 0 Å². The maximum atomic E-state index is 12.2. The van der Waals surface area contributed by atoms with Gasteiger partial charge in [-0.15, -0.1) is 0 Å². The molecule has 0 aromatic heterocycles. The van der Waals surface area contributed by atoms with Gasteiger partial charge in [0, 0.05) is 13.1 Å². The standard InChI is InChI=1S/C19H27NO3.OS/c1-4-7-16-22-19(21)18(14-11-15-20(5-2)6-3)23-17-12-9-8-10-13-17;1-2/h8-15H,4-7,16H2,1-3H3;/b15-11+,18-14+;. The van der Waals surface area contributed by atoms with Crippen LogP contribution < -0.4 is 4.74 Å². The maximum absolute atomic E-state index is 12.2. The molecule has 1 rings (SSSR count). The maximum Gasteiger partial charge on any atom is 0.374 e. The molecule has 0 heterocycles. The highest BCUT2D eigenvalue weighted by Gasteiger charge is 2.13. The van der Waals surface area contributed by atoms with Gasteiger partial charge >= 0.3 is 5.97 Å². The number of allylic oxidation sites excluding steroid dienone is 2. The summed E-state index contributed by atoms with van der Waals surface area (Å²) < 4.78 is 18.8. The molecule has 1 aromatic rings. The molecule has 0 bridgehead atoms. The summed E-state index contributed by atoms with van der Waals surface area (Å²) in [7, 11) is 0. The lowest BCUT2D eigenvalue weighted by molar-refractivity contribution is -0.141. The molecule has 0 unspecified atom stereocenters. The Morgan fingerprint density at radius 3 is 2.32 bits per heavy atom. The van der Waals surface area contributed by atoms with Crippen molar-refractivity contribution in [2.24, 2.45) is 0 Å². The smallest absolute Gasteiger partial charge is 0.374 e. The van der Waals surface area contributed by atoms with Crippen molar-refractivity contribution in [3.8, 4) is 5.75 Å². The van der Waals surface area contributed by atoms with Crippen LogP contribution in [0, 0.1) is 0 Å². The summed E-state index contributed by atoms with van der Waals surface area (Å²) in [6.07, 6.45) is 7.23. The van der Waals surface area contributed by atoms with Gasteiger partial charge in [-0.2, -0.15) is 4.21 Å². The third-order valence-electron chi connectivity index (χ3n) is 3.26. The van der Waals surface area contributed by atoms with Gasteiger partial charge in [0.25, 0.3) is 0 Å². The molecule has 138 valence electrons. The van der Waals surface area contributed by atoms with Crippen LogP contribution in [0.3, 0.4) is 0 Å². The summed E-state index contributed by atoms with van der Waals surface area (Å²) >= 11 is 2.83. The van der Waals surface area contributed by atoms with Crippen molar-refractivity contribution in [2.45, 2.75) is 33.6 Å². The molecule has 0 fully saturated rings. The molecule has 0 spiro atoms. The second kappa shape index (κ2) is 15.3. The van der Waals surface area contributed by atoms with Crippen molar-refractivity contribution in [1.29, 1.82) is 0 Å². The van der Waals surface area contributed by atoms with E-state index in [0.29, 0.717) is 12.4 Å². The Kier molecular flexibility index (Phi) is 14.0. The summed E-state index contributed by atoms with van der Waals surface area (Å²) in [6, 6.07) is 9.24. The molecule has 25 heavy (non-hydrogen) atoms. The summed E-state index contributed by atoms with van der Waals surface area (Å²) in [5.41, 5.74) is 0. The van der Waals surface area contributed by atoms with E-state index in [0.717, 1.165) is 25.9 Å². The first-order valence-corrected chi connectivity index (χ1v) is 8.73. The lowest BCUT2D eigenvalue weighted by atomic mass is 10.3. The van der Waals surface area contributed by atoms with Crippen LogP contribution in [-0.2, 0) is 22.1 Å². The van der Waals surface area contributed by atoms with Gasteiger partial charge in [-0.3, -0.25) is 0 Å². The molecule has 0 aliphatic heterocycles. The molecule has 0 amide bonds. The number of ether oxygens (including phenoxy) is 2. The van der Waals surface area contributed by atoms with E-state index in [4.69, 9.17) is 13.7 Å². The van der Waals surface area contributed by atoms with Crippen LogP contribution in [0.4, 0.5) is 0 Å². The highest BCUT2D eigenvalue weighted by Crippen LogP contribution is 2.14. The van der Waals surface area contributed by atoms with Gasteiger partial charge < -0.3 is 14.4 Å². The highest BCUT2D eigenvalue weighted by molar-refractivity contribution is 7.44. The van der Waals surface area contributed by atoms with E-state index in [9.17, 15) is 4.79 Å². The molecule has 0 saturated carbocycles. The predicted molar refractivity (Wildman–Crippen MR) is 101 cm³/mol. The first-order chi connectivity index (χ1) is 12.2. The molecule has 1 aromatic carbocycles. The van der Waals surface area contributed by atoms with Crippen molar-refractivity contribution in [3.63, 3.8) is 0 Å². The third kappa shape index (κ3) is 10.3. The van der Waals surface area contributed by atoms with Crippen molar-refractivity contribution in [2.75, 3.05) is 19.7 Å². The van der Waals surface area contributed by atoms with Gasteiger partial charge in [-0.05, 0) is 50.8 Å². The van der Waals surface area contributed by atoms with E-state index in [1.54, 1.807) is 18.2 Å². The summed E-state index contributed by atoms with van der Waals surface area (Å²) in [5, 5.41) is 0. The van der Waals surface area contributed by atoms with Crippen LogP contribution in [-0.4, -0.2) is 34.8 Å². The third-order valence-corrected chi connectivity index (χ3v) is 3.26. The Bertz CT molecular complexity index is 527. The molecule has 0 N–H and O–H groups in total. The summed E-state index contributed by atoms with van der Waals surface area (Å²) in [4.78, 5) is 14.3. The number of nitrogens with zero attached hydrogens (tertiary/aromatic N) is 1. The van der Waals surface area contributed by atoms with Crippen LogP contribution in [0.15, 0.2) is 54.4 Å². The first kappa shape index (κ1) is 22.8. The Balaban J connectivity index is 0.00000277. The van der Waals surface area contributed by atoms with E-state index < -0.39 is 5.97 Å². The Hall–Kier alpha value is -2.21. The Morgan fingerprint density at radius 1 is 1.12 bits per heavy atom. The second-order valence-electron chi connectivity index (χ2n) is 5.00. The zero-order chi connectivity index (χ0) is 18.9. The van der Waals surface area contributed by atoms with Crippen LogP contribution in [0.25, 0.3) is 0 Å². The van der Waals surface area contributed by atoms with Gasteiger partial charge in [0.05, 0.1) is 6.61 Å². The highest BCUT2D eigenvalue weighted by atomic mass is 32.1. The molecular weight excluding hydrogens is 338 g/mol. The van der Waals surface area contributed by atoms with Crippen molar-refractivity contribution in [3.05, 3.63) is 54.4 Å². The number of carbonyl (C=O) groups excluding carboxylic acids is 1. The van der Waals surface area contributed by atoms with E-state index >= 15 is 0 Å². The molecule has 0 aliphatic rings. The van der Waals surface area contributed by atoms with Gasteiger partial charge in [-0.25, -0.2) is 4.79 Å². The normalized spacial score (nSPS) is 10.8. The number of carbonyl (C=O) groups is 1. The number of rotatable bonds is 10. The number of esters is 1. The number of hydrogen-bond acceptors (Lipinski definition) is 6. The fourth-order valence-electron chi connectivity index (χ4n) is 1.83. The topological polar surface area (TPSA) is 55.8 Å². The Labute approximate surface area is 155 Å². The van der Waals surface area contributed by atoms with Gasteiger partial charge in [0.15, 0.2) is 12.5 Å². The quantitative estimate of drug-likeness (QED) is 0.207. The number of unbranched alkanes of at least 4 members (excludes halogenated alkanes) is 1. The minimum Gasteiger partial charge on any atom is -0.460 e. The molecule has 0 saturated heterocycles. The van der Waals surface area contributed by atoms with Crippen LogP contribution >= 0.6 is 0 Å². The van der Waals surface area contributed by atoms with Crippen LogP contribution in [0.5, 0.6) is 5.75 Å². The fraction of sp³-hybridized carbons (Fsp3) is 0.421. The lowest BCUT2D eigenvalue weighted by Gasteiger charge is -2.14. The molecule has 0 atom stereocenters. The molecule has 0 aliphatic carbocycles. The van der Waals surface area contributed by atoms with Crippen molar-refractivity contribution < 1.29 is 18.5 Å². The van der Waals surface area contributed by atoms with Gasteiger partial charge in [0.1, 0.15) is 5.75 Å². The fourth-order valence-corrected chi connectivity index (χ4v) is 1.83. The summed E-state index contributed by atoms with van der Waals surface area (Å²) in [5.74, 6) is 0.365. The second-order valence-corrected chi connectivity index (χ2v) is 5.00. The molecule has 5 nitrogen and oxygen atoms in total. The van der Waals surface area contributed by atoms with E-state index in [1.807, 2.05) is 30.5 Å². The number of para-hydroxylation sites is 1. The first-order valence-electron chi connectivity index (χ1n) is 8.40. The zero-order valence-corrected chi connectivity index (χ0v) is 16.0. The largest absolute Gasteiger partial charge is 0.460 e. The van der Waals surface area contributed by atoms with Crippen molar-refractivity contribution >= 4 is 18.5 Å². The van der Waals surface area contributed by atoms with E-state index in [1.165, 1.54) is 0 Å². The average molecular weight is 365 g/mol. The molecule has 0 radical (unpaired) electrons.